The second-order valence-electron chi connectivity index (χ2n) is 6.34. The number of para-hydroxylation sites is 1. The van der Waals surface area contributed by atoms with Crippen molar-refractivity contribution in [3.63, 3.8) is 0 Å². The molecule has 0 fully saturated rings. The molecular weight excluding hydrogens is 396 g/mol. The van der Waals surface area contributed by atoms with Crippen LogP contribution in [-0.4, -0.2) is 33.0 Å². The Kier molecular flexibility index (Phi) is 7.74. The van der Waals surface area contributed by atoms with Crippen LogP contribution in [0.4, 0.5) is 0 Å². The topological polar surface area (TPSA) is 125 Å². The predicted octanol–water partition coefficient (Wildman–Crippen LogP) is 1.91. The Balaban J connectivity index is 1.85. The molecule has 2 rings (SSSR count). The summed E-state index contributed by atoms with van der Waals surface area (Å²) in [6, 6.07) is 14.3. The highest BCUT2D eigenvalue weighted by atomic mass is 32.2. The van der Waals surface area contributed by atoms with Crippen molar-refractivity contribution >= 4 is 21.9 Å². The van der Waals surface area contributed by atoms with Gasteiger partial charge in [0.2, 0.25) is 10.0 Å². The van der Waals surface area contributed by atoms with E-state index in [9.17, 15) is 18.0 Å². The SMILES string of the molecule is CC[C@@H](Oc1ccccc1)C(=O)OCC(=O)N[C@@H](C)c1ccc(S(N)(=O)=O)cc1. The van der Waals surface area contributed by atoms with E-state index in [0.717, 1.165) is 0 Å². The van der Waals surface area contributed by atoms with E-state index in [1.807, 2.05) is 6.07 Å². The average Bonchev–Trinajstić information content (AvgIpc) is 2.70. The number of carbonyl (C=O) groups is 2. The first-order valence-electron chi connectivity index (χ1n) is 9.01. The van der Waals surface area contributed by atoms with Crippen LogP contribution in [0.15, 0.2) is 59.5 Å². The van der Waals surface area contributed by atoms with Gasteiger partial charge in [-0.2, -0.15) is 0 Å². The lowest BCUT2D eigenvalue weighted by atomic mass is 10.1. The molecule has 0 radical (unpaired) electrons. The number of ether oxygens (including phenoxy) is 2. The molecule has 9 heteroatoms. The third-order valence-electron chi connectivity index (χ3n) is 4.09. The number of nitrogens with two attached hydrogens (primary N) is 1. The monoisotopic (exact) mass is 420 g/mol. The molecule has 2 aromatic carbocycles. The minimum Gasteiger partial charge on any atom is -0.479 e. The van der Waals surface area contributed by atoms with Crippen molar-refractivity contribution in [2.24, 2.45) is 5.14 Å². The lowest BCUT2D eigenvalue weighted by Crippen LogP contribution is -2.35. The summed E-state index contributed by atoms with van der Waals surface area (Å²) in [6.07, 6.45) is -0.421. The molecular formula is C20H24N2O6S. The quantitative estimate of drug-likeness (QED) is 0.597. The summed E-state index contributed by atoms with van der Waals surface area (Å²) in [7, 11) is -3.78. The Morgan fingerprint density at radius 3 is 2.24 bits per heavy atom. The molecule has 0 saturated heterocycles. The summed E-state index contributed by atoms with van der Waals surface area (Å²) in [6.45, 7) is 3.05. The van der Waals surface area contributed by atoms with Crippen LogP contribution in [-0.2, 0) is 24.3 Å². The summed E-state index contributed by atoms with van der Waals surface area (Å²) < 4.78 is 33.2. The van der Waals surface area contributed by atoms with E-state index < -0.39 is 40.7 Å². The van der Waals surface area contributed by atoms with Crippen molar-refractivity contribution in [2.75, 3.05) is 6.61 Å². The number of rotatable bonds is 9. The van der Waals surface area contributed by atoms with Crippen LogP contribution in [0.2, 0.25) is 0 Å². The minimum absolute atomic E-state index is 0.0160. The van der Waals surface area contributed by atoms with Gasteiger partial charge in [-0.1, -0.05) is 37.3 Å². The van der Waals surface area contributed by atoms with Crippen LogP contribution in [0.1, 0.15) is 31.9 Å². The fourth-order valence-electron chi connectivity index (χ4n) is 2.50. The summed E-state index contributed by atoms with van der Waals surface area (Å²) in [5.74, 6) is -0.579. The molecule has 2 aromatic rings. The van der Waals surface area contributed by atoms with Gasteiger partial charge in [-0.3, -0.25) is 4.79 Å². The fraction of sp³-hybridized carbons (Fsp3) is 0.300. The molecule has 8 nitrogen and oxygen atoms in total. The van der Waals surface area contributed by atoms with E-state index >= 15 is 0 Å². The van der Waals surface area contributed by atoms with Gasteiger partial charge < -0.3 is 14.8 Å². The van der Waals surface area contributed by atoms with Crippen molar-refractivity contribution in [3.05, 3.63) is 60.2 Å². The number of primary sulfonamides is 1. The summed E-state index contributed by atoms with van der Waals surface area (Å²) in [4.78, 5) is 24.2. The number of carbonyl (C=O) groups excluding carboxylic acids is 2. The zero-order chi connectivity index (χ0) is 21.4. The maximum absolute atomic E-state index is 12.2. The van der Waals surface area contributed by atoms with Gasteiger partial charge in [-0.25, -0.2) is 18.4 Å². The third kappa shape index (κ3) is 6.88. The smallest absolute Gasteiger partial charge is 0.347 e. The Hall–Kier alpha value is -2.91. The van der Waals surface area contributed by atoms with Gasteiger partial charge in [-0.15, -0.1) is 0 Å². The molecule has 0 bridgehead atoms. The number of sulfonamides is 1. The Morgan fingerprint density at radius 2 is 1.69 bits per heavy atom. The first-order valence-corrected chi connectivity index (χ1v) is 10.6. The molecule has 29 heavy (non-hydrogen) atoms. The maximum Gasteiger partial charge on any atom is 0.347 e. The maximum atomic E-state index is 12.2. The number of esters is 1. The summed E-state index contributed by atoms with van der Waals surface area (Å²) >= 11 is 0. The summed E-state index contributed by atoms with van der Waals surface area (Å²) in [5.41, 5.74) is 0.677. The number of amides is 1. The number of hydrogen-bond acceptors (Lipinski definition) is 6. The van der Waals surface area contributed by atoms with Crippen LogP contribution in [0, 0.1) is 0 Å². The average molecular weight is 420 g/mol. The third-order valence-corrected chi connectivity index (χ3v) is 5.02. The van der Waals surface area contributed by atoms with Crippen LogP contribution in [0.5, 0.6) is 5.75 Å². The van der Waals surface area contributed by atoms with Gasteiger partial charge in [0.1, 0.15) is 5.75 Å². The van der Waals surface area contributed by atoms with Gasteiger partial charge >= 0.3 is 5.97 Å². The van der Waals surface area contributed by atoms with Gasteiger partial charge in [0.05, 0.1) is 10.9 Å². The largest absolute Gasteiger partial charge is 0.479 e. The number of nitrogens with one attached hydrogen (secondary N) is 1. The van der Waals surface area contributed by atoms with Crippen LogP contribution in [0.3, 0.4) is 0 Å². The Morgan fingerprint density at radius 1 is 1.07 bits per heavy atom. The molecule has 0 aliphatic heterocycles. The molecule has 2 atom stereocenters. The van der Waals surface area contributed by atoms with Crippen molar-refractivity contribution in [3.8, 4) is 5.75 Å². The molecule has 3 N–H and O–H groups in total. The van der Waals surface area contributed by atoms with Gasteiger partial charge in [0, 0.05) is 0 Å². The molecule has 0 aliphatic rings. The normalized spacial score (nSPS) is 13.2. The van der Waals surface area contributed by atoms with Crippen LogP contribution < -0.4 is 15.2 Å². The summed E-state index contributed by atoms with van der Waals surface area (Å²) in [5, 5.41) is 7.74. The van der Waals surface area contributed by atoms with E-state index in [1.54, 1.807) is 50.2 Å². The van der Waals surface area contributed by atoms with Crippen molar-refractivity contribution < 1.29 is 27.5 Å². The van der Waals surface area contributed by atoms with Crippen molar-refractivity contribution in [1.82, 2.24) is 5.32 Å². The van der Waals surface area contributed by atoms with Crippen LogP contribution in [0.25, 0.3) is 0 Å². The number of hydrogen-bond donors (Lipinski definition) is 2. The van der Waals surface area contributed by atoms with Crippen molar-refractivity contribution in [2.45, 2.75) is 37.3 Å². The molecule has 0 aromatic heterocycles. The second-order valence-corrected chi connectivity index (χ2v) is 7.90. The van der Waals surface area contributed by atoms with E-state index in [4.69, 9.17) is 14.6 Å². The number of benzene rings is 2. The van der Waals surface area contributed by atoms with Crippen LogP contribution >= 0.6 is 0 Å². The minimum atomic E-state index is -3.78. The molecule has 0 aliphatic carbocycles. The first kappa shape index (κ1) is 22.4. The highest BCUT2D eigenvalue weighted by Gasteiger charge is 2.21. The zero-order valence-corrected chi connectivity index (χ0v) is 17.0. The lowest BCUT2D eigenvalue weighted by Gasteiger charge is -2.18. The van der Waals surface area contributed by atoms with E-state index in [2.05, 4.69) is 5.32 Å². The standard InChI is InChI=1S/C20H24N2O6S/c1-3-18(28-16-7-5-4-6-8-16)20(24)27-13-19(23)22-14(2)15-9-11-17(12-10-15)29(21,25)26/h4-12,14,18H,3,13H2,1-2H3,(H,22,23)(H2,21,25,26)/t14-,18+/m0/s1. The van der Waals surface area contributed by atoms with E-state index in [1.165, 1.54) is 12.1 Å². The second kappa shape index (κ2) is 10.0. The molecule has 1 amide bonds. The highest BCUT2D eigenvalue weighted by molar-refractivity contribution is 7.89. The predicted molar refractivity (Wildman–Crippen MR) is 106 cm³/mol. The van der Waals surface area contributed by atoms with Gasteiger partial charge in [0.25, 0.3) is 5.91 Å². The van der Waals surface area contributed by atoms with E-state index in [-0.39, 0.29) is 4.90 Å². The van der Waals surface area contributed by atoms with Gasteiger partial charge in [-0.05, 0) is 43.2 Å². The molecule has 0 spiro atoms. The molecule has 0 unspecified atom stereocenters. The molecule has 0 saturated carbocycles. The lowest BCUT2D eigenvalue weighted by molar-refractivity contribution is -0.155. The van der Waals surface area contributed by atoms with Crippen molar-refractivity contribution in [1.29, 1.82) is 0 Å². The first-order chi connectivity index (χ1) is 13.7. The van der Waals surface area contributed by atoms with Gasteiger partial charge in [0.15, 0.2) is 12.7 Å². The highest BCUT2D eigenvalue weighted by Crippen LogP contribution is 2.16. The zero-order valence-electron chi connectivity index (χ0n) is 16.2. The van der Waals surface area contributed by atoms with E-state index in [0.29, 0.717) is 17.7 Å². The molecule has 156 valence electrons. The molecule has 0 heterocycles. The Labute approximate surface area is 170 Å². The fourth-order valence-corrected chi connectivity index (χ4v) is 3.02. The Bertz CT molecular complexity index is 929.